The molecule has 0 atom stereocenters. The Morgan fingerprint density at radius 2 is 2.00 bits per heavy atom. The maximum Gasteiger partial charge on any atom is 0.0566 e. The number of H-pyrrole nitrogens is 2. The number of nitrogens with one attached hydrogen (secondary N) is 2. The van der Waals surface area contributed by atoms with Crippen LogP contribution in [0, 0.1) is 0 Å². The van der Waals surface area contributed by atoms with Crippen molar-refractivity contribution < 1.29 is 0 Å². The fourth-order valence-corrected chi connectivity index (χ4v) is 1.71. The van der Waals surface area contributed by atoms with Gasteiger partial charge in [-0.05, 0) is 6.07 Å². The summed E-state index contributed by atoms with van der Waals surface area (Å²) in [5.74, 6) is 0. The van der Waals surface area contributed by atoms with Gasteiger partial charge in [-0.3, -0.25) is 5.10 Å². The number of nitrogens with zero attached hydrogens (tertiary/aromatic N) is 1. The van der Waals surface area contributed by atoms with Crippen molar-refractivity contribution in [3.05, 3.63) is 42.9 Å². The molecule has 0 amide bonds. The van der Waals surface area contributed by atoms with E-state index in [1.807, 2.05) is 30.7 Å². The van der Waals surface area contributed by atoms with Crippen molar-refractivity contribution in [3.63, 3.8) is 0 Å². The highest BCUT2D eigenvalue weighted by Crippen LogP contribution is 2.27. The van der Waals surface area contributed by atoms with E-state index in [9.17, 15) is 0 Å². The molecule has 2 heterocycles. The maximum absolute atomic E-state index is 3.95. The van der Waals surface area contributed by atoms with Crippen molar-refractivity contribution in [2.45, 2.75) is 0 Å². The van der Waals surface area contributed by atoms with Crippen molar-refractivity contribution >= 4 is 10.9 Å². The lowest BCUT2D eigenvalue weighted by Crippen LogP contribution is -1.69. The van der Waals surface area contributed by atoms with E-state index in [-0.39, 0.29) is 0 Å². The Bertz CT molecular complexity index is 549. The summed E-state index contributed by atoms with van der Waals surface area (Å²) in [6, 6.07) is 8.24. The Morgan fingerprint density at radius 3 is 2.86 bits per heavy atom. The Morgan fingerprint density at radius 1 is 1.07 bits per heavy atom. The van der Waals surface area contributed by atoms with E-state index in [0.717, 1.165) is 11.1 Å². The minimum atomic E-state index is 1.11. The molecule has 0 bridgehead atoms. The molecular weight excluding hydrogens is 174 g/mol. The summed E-state index contributed by atoms with van der Waals surface area (Å²) in [5, 5.41) is 8.00. The molecule has 0 saturated carbocycles. The zero-order valence-electron chi connectivity index (χ0n) is 7.49. The lowest BCUT2D eigenvalue weighted by molar-refractivity contribution is 1.09. The summed E-state index contributed by atoms with van der Waals surface area (Å²) < 4.78 is 0. The molecule has 0 saturated heterocycles. The van der Waals surface area contributed by atoms with Gasteiger partial charge in [-0.15, -0.1) is 0 Å². The van der Waals surface area contributed by atoms with Gasteiger partial charge >= 0.3 is 0 Å². The molecule has 0 aliphatic rings. The number of rotatable bonds is 1. The maximum atomic E-state index is 3.95. The first-order valence-corrected chi connectivity index (χ1v) is 4.50. The van der Waals surface area contributed by atoms with Gasteiger partial charge in [-0.25, -0.2) is 0 Å². The van der Waals surface area contributed by atoms with Crippen LogP contribution >= 0.6 is 0 Å². The predicted molar refractivity (Wildman–Crippen MR) is 55.9 cm³/mol. The van der Waals surface area contributed by atoms with Crippen LogP contribution in [0.3, 0.4) is 0 Å². The summed E-state index contributed by atoms with van der Waals surface area (Å²) in [7, 11) is 0. The molecule has 1 aromatic carbocycles. The first-order valence-electron chi connectivity index (χ1n) is 4.50. The molecule has 0 aliphatic carbocycles. The van der Waals surface area contributed by atoms with Crippen LogP contribution in [0.4, 0.5) is 0 Å². The summed E-state index contributed by atoms with van der Waals surface area (Å²) in [6.45, 7) is 0. The van der Waals surface area contributed by atoms with Gasteiger partial charge in [-0.1, -0.05) is 18.2 Å². The van der Waals surface area contributed by atoms with E-state index < -0.39 is 0 Å². The minimum Gasteiger partial charge on any atom is -0.361 e. The number of para-hydroxylation sites is 1. The van der Waals surface area contributed by atoms with E-state index in [4.69, 9.17) is 0 Å². The first kappa shape index (κ1) is 7.38. The summed E-state index contributed by atoms with van der Waals surface area (Å²) >= 11 is 0. The van der Waals surface area contributed by atoms with Gasteiger partial charge in [0.2, 0.25) is 0 Å². The molecule has 3 aromatic rings. The largest absolute Gasteiger partial charge is 0.361 e. The Balaban J connectivity index is 2.33. The van der Waals surface area contributed by atoms with Gasteiger partial charge in [0.1, 0.15) is 0 Å². The van der Waals surface area contributed by atoms with Crippen LogP contribution in [0.15, 0.2) is 42.9 Å². The lowest BCUT2D eigenvalue weighted by atomic mass is 10.1. The number of aromatic amines is 2. The molecule has 0 spiro atoms. The van der Waals surface area contributed by atoms with Crippen molar-refractivity contribution in [2.24, 2.45) is 0 Å². The molecule has 3 heteroatoms. The molecule has 3 rings (SSSR count). The number of aromatic nitrogens is 3. The predicted octanol–water partition coefficient (Wildman–Crippen LogP) is 2.56. The third-order valence-electron chi connectivity index (χ3n) is 2.40. The van der Waals surface area contributed by atoms with Crippen molar-refractivity contribution in [1.82, 2.24) is 15.2 Å². The smallest absolute Gasteiger partial charge is 0.0566 e. The standard InChI is InChI=1S/C11H9N3/c1-2-4-11-9(3-1)10(7-12-11)8-5-13-14-6-8/h1-7,12H,(H,13,14). The molecule has 0 radical (unpaired) electrons. The normalized spacial score (nSPS) is 10.9. The van der Waals surface area contributed by atoms with Crippen molar-refractivity contribution in [2.75, 3.05) is 0 Å². The third-order valence-corrected chi connectivity index (χ3v) is 2.40. The van der Waals surface area contributed by atoms with Crippen LogP contribution in [0.25, 0.3) is 22.0 Å². The van der Waals surface area contributed by atoms with Crippen LogP contribution in [-0.2, 0) is 0 Å². The highest BCUT2D eigenvalue weighted by Gasteiger charge is 2.05. The zero-order valence-corrected chi connectivity index (χ0v) is 7.49. The molecule has 0 aliphatic heterocycles. The first-order chi connectivity index (χ1) is 6.95. The topological polar surface area (TPSA) is 44.5 Å². The molecule has 14 heavy (non-hydrogen) atoms. The fourth-order valence-electron chi connectivity index (χ4n) is 1.71. The van der Waals surface area contributed by atoms with E-state index in [2.05, 4.69) is 27.3 Å². The summed E-state index contributed by atoms with van der Waals surface area (Å²) in [4.78, 5) is 3.23. The van der Waals surface area contributed by atoms with Gasteiger partial charge in [0.15, 0.2) is 0 Å². The third kappa shape index (κ3) is 0.956. The molecule has 2 N–H and O–H groups in total. The highest BCUT2D eigenvalue weighted by atomic mass is 15.1. The lowest BCUT2D eigenvalue weighted by Gasteiger charge is -1.92. The van der Waals surface area contributed by atoms with Crippen LogP contribution < -0.4 is 0 Å². The second-order valence-electron chi connectivity index (χ2n) is 3.23. The fraction of sp³-hybridized carbons (Fsp3) is 0. The zero-order chi connectivity index (χ0) is 9.38. The number of hydrogen-bond donors (Lipinski definition) is 2. The number of hydrogen-bond acceptors (Lipinski definition) is 1. The average molecular weight is 183 g/mol. The van der Waals surface area contributed by atoms with Crippen molar-refractivity contribution in [1.29, 1.82) is 0 Å². The van der Waals surface area contributed by atoms with Crippen LogP contribution in [0.5, 0.6) is 0 Å². The molecule has 0 fully saturated rings. The van der Waals surface area contributed by atoms with Gasteiger partial charge in [-0.2, -0.15) is 5.10 Å². The van der Waals surface area contributed by atoms with E-state index in [1.165, 1.54) is 10.9 Å². The van der Waals surface area contributed by atoms with E-state index >= 15 is 0 Å². The van der Waals surface area contributed by atoms with Crippen LogP contribution in [0.1, 0.15) is 0 Å². The summed E-state index contributed by atoms with van der Waals surface area (Å²) in [6.07, 6.45) is 5.74. The quantitative estimate of drug-likeness (QED) is 0.598. The van der Waals surface area contributed by atoms with Gasteiger partial charge in [0.25, 0.3) is 0 Å². The summed E-state index contributed by atoms with van der Waals surface area (Å²) in [5.41, 5.74) is 3.46. The number of benzene rings is 1. The van der Waals surface area contributed by atoms with Gasteiger partial charge in [0.05, 0.1) is 6.20 Å². The average Bonchev–Trinajstić information content (AvgIpc) is 2.85. The van der Waals surface area contributed by atoms with Crippen LogP contribution in [-0.4, -0.2) is 15.2 Å². The SMILES string of the molecule is c1ccc2c(-c3cn[nH]c3)c[nH]c2c1. The second kappa shape index (κ2) is 2.73. The minimum absolute atomic E-state index is 1.11. The molecule has 3 nitrogen and oxygen atoms in total. The Kier molecular flexibility index (Phi) is 1.44. The van der Waals surface area contributed by atoms with E-state index in [1.54, 1.807) is 0 Å². The number of fused-ring (bicyclic) bond motifs is 1. The Hall–Kier alpha value is -2.03. The van der Waals surface area contributed by atoms with Crippen LogP contribution in [0.2, 0.25) is 0 Å². The molecule has 2 aromatic heterocycles. The molecular formula is C11H9N3. The van der Waals surface area contributed by atoms with Gasteiger partial charge < -0.3 is 4.98 Å². The highest BCUT2D eigenvalue weighted by molar-refractivity contribution is 5.95. The Labute approximate surface area is 80.8 Å². The van der Waals surface area contributed by atoms with Crippen molar-refractivity contribution in [3.8, 4) is 11.1 Å². The second-order valence-corrected chi connectivity index (χ2v) is 3.23. The molecule has 68 valence electrons. The van der Waals surface area contributed by atoms with Gasteiger partial charge in [0, 0.05) is 34.4 Å². The van der Waals surface area contributed by atoms with E-state index in [0.29, 0.717) is 0 Å². The monoisotopic (exact) mass is 183 g/mol. The molecule has 0 unspecified atom stereocenters.